The van der Waals surface area contributed by atoms with E-state index >= 15 is 0 Å². The monoisotopic (exact) mass is 412 g/mol. The highest BCUT2D eigenvalue weighted by atomic mass is 35.5. The molecule has 0 saturated carbocycles. The van der Waals surface area contributed by atoms with E-state index in [9.17, 15) is 19.5 Å². The minimum absolute atomic E-state index is 0.0512. The van der Waals surface area contributed by atoms with Crippen LogP contribution in [0, 0.1) is 0 Å². The molecule has 2 aromatic rings. The number of aromatic hydroxyl groups is 1. The van der Waals surface area contributed by atoms with Gasteiger partial charge in [-0.2, -0.15) is 0 Å². The number of amides is 4. The average Bonchev–Trinajstić information content (AvgIpc) is 2.67. The zero-order valence-corrected chi connectivity index (χ0v) is 16.2. The molecule has 3 rings (SSSR count). The number of anilines is 1. The summed E-state index contributed by atoms with van der Waals surface area (Å²) in [6.07, 6.45) is 3.28. The highest BCUT2D eigenvalue weighted by molar-refractivity contribution is 6.39. The molecule has 0 atom stereocenters. The Hall–Kier alpha value is -3.58. The van der Waals surface area contributed by atoms with Crippen LogP contribution in [0.1, 0.15) is 11.1 Å². The number of phenols is 1. The summed E-state index contributed by atoms with van der Waals surface area (Å²) in [5, 5.41) is 12.7. The van der Waals surface area contributed by atoms with Crippen LogP contribution in [-0.2, 0) is 16.0 Å². The van der Waals surface area contributed by atoms with Crippen LogP contribution >= 0.6 is 11.6 Å². The SMILES string of the molecule is C=CCc1cc(/C=C2\C(=O)NC(=O)N(c3cccc(Cl)c3)C2=O)cc(OC)c1O. The number of benzene rings is 2. The number of barbiturate groups is 1. The lowest BCUT2D eigenvalue weighted by atomic mass is 10.0. The van der Waals surface area contributed by atoms with Crippen LogP contribution in [0.5, 0.6) is 11.5 Å². The fraction of sp³-hybridized carbons (Fsp3) is 0.0952. The molecular formula is C21H17ClN2O5. The van der Waals surface area contributed by atoms with E-state index in [1.807, 2.05) is 0 Å². The smallest absolute Gasteiger partial charge is 0.335 e. The van der Waals surface area contributed by atoms with Crippen molar-refractivity contribution in [2.24, 2.45) is 0 Å². The topological polar surface area (TPSA) is 95.9 Å². The minimum Gasteiger partial charge on any atom is -0.504 e. The number of nitrogens with one attached hydrogen (secondary N) is 1. The highest BCUT2D eigenvalue weighted by Crippen LogP contribution is 2.33. The maximum atomic E-state index is 12.9. The summed E-state index contributed by atoms with van der Waals surface area (Å²) >= 11 is 5.95. The number of rotatable bonds is 5. The number of methoxy groups -OCH3 is 1. The second-order valence-electron chi connectivity index (χ2n) is 6.16. The first kappa shape index (κ1) is 20.2. The van der Waals surface area contributed by atoms with Crippen molar-refractivity contribution < 1.29 is 24.2 Å². The summed E-state index contributed by atoms with van der Waals surface area (Å²) in [6, 6.07) is 8.38. The maximum absolute atomic E-state index is 12.9. The third kappa shape index (κ3) is 4.00. The molecule has 148 valence electrons. The summed E-state index contributed by atoms with van der Waals surface area (Å²) in [6.45, 7) is 3.64. The summed E-state index contributed by atoms with van der Waals surface area (Å²) < 4.78 is 5.16. The van der Waals surface area contributed by atoms with Gasteiger partial charge in [0.15, 0.2) is 11.5 Å². The third-order valence-electron chi connectivity index (χ3n) is 4.24. The molecule has 1 heterocycles. The van der Waals surface area contributed by atoms with Crippen LogP contribution in [0.3, 0.4) is 0 Å². The van der Waals surface area contributed by atoms with Crippen LogP contribution in [0.15, 0.2) is 54.6 Å². The number of halogens is 1. The fourth-order valence-electron chi connectivity index (χ4n) is 2.91. The number of allylic oxidation sites excluding steroid dienone is 1. The Balaban J connectivity index is 2.07. The number of ether oxygens (including phenoxy) is 1. The van der Waals surface area contributed by atoms with Crippen molar-refractivity contribution in [3.63, 3.8) is 0 Å². The van der Waals surface area contributed by atoms with E-state index in [0.717, 1.165) is 4.90 Å². The Morgan fingerprint density at radius 2 is 2.00 bits per heavy atom. The van der Waals surface area contributed by atoms with Gasteiger partial charge in [-0.25, -0.2) is 9.69 Å². The molecule has 0 aliphatic carbocycles. The standard InChI is InChI=1S/C21H17ClN2O5/c1-3-5-13-8-12(10-17(29-2)18(13)25)9-16-19(26)23-21(28)24(20(16)27)15-7-4-6-14(22)11-15/h3-4,6-11,25H,1,5H2,2H3,(H,23,26,28)/b16-9+. The van der Waals surface area contributed by atoms with Crippen LogP contribution in [0.4, 0.5) is 10.5 Å². The van der Waals surface area contributed by atoms with Crippen molar-refractivity contribution in [1.82, 2.24) is 5.32 Å². The molecule has 4 amide bonds. The lowest BCUT2D eigenvalue weighted by Gasteiger charge is -2.26. The molecule has 0 spiro atoms. The van der Waals surface area contributed by atoms with Crippen LogP contribution in [0.2, 0.25) is 5.02 Å². The number of hydrogen-bond acceptors (Lipinski definition) is 5. The van der Waals surface area contributed by atoms with Crippen molar-refractivity contribution >= 4 is 41.2 Å². The van der Waals surface area contributed by atoms with Gasteiger partial charge in [-0.1, -0.05) is 23.7 Å². The van der Waals surface area contributed by atoms with Gasteiger partial charge in [0.05, 0.1) is 12.8 Å². The number of imide groups is 2. The molecule has 0 bridgehead atoms. The largest absolute Gasteiger partial charge is 0.504 e. The number of carbonyl (C=O) groups is 3. The van der Waals surface area contributed by atoms with Crippen LogP contribution < -0.4 is 15.0 Å². The first-order chi connectivity index (χ1) is 13.8. The Morgan fingerprint density at radius 3 is 2.66 bits per heavy atom. The molecule has 7 nitrogen and oxygen atoms in total. The second-order valence-corrected chi connectivity index (χ2v) is 6.60. The maximum Gasteiger partial charge on any atom is 0.335 e. The van der Waals surface area contributed by atoms with Gasteiger partial charge in [0, 0.05) is 10.6 Å². The Bertz CT molecular complexity index is 1060. The zero-order chi connectivity index (χ0) is 21.1. The number of urea groups is 1. The molecule has 0 unspecified atom stereocenters. The van der Waals surface area contributed by atoms with Gasteiger partial charge in [-0.05, 0) is 48.4 Å². The van der Waals surface area contributed by atoms with Crippen molar-refractivity contribution in [3.8, 4) is 11.5 Å². The first-order valence-electron chi connectivity index (χ1n) is 8.53. The van der Waals surface area contributed by atoms with E-state index < -0.39 is 17.8 Å². The lowest BCUT2D eigenvalue weighted by Crippen LogP contribution is -2.54. The molecule has 8 heteroatoms. The highest BCUT2D eigenvalue weighted by Gasteiger charge is 2.36. The molecule has 1 fully saturated rings. The quantitative estimate of drug-likeness (QED) is 0.445. The molecule has 29 heavy (non-hydrogen) atoms. The lowest BCUT2D eigenvalue weighted by molar-refractivity contribution is -0.122. The summed E-state index contributed by atoms with van der Waals surface area (Å²) in [4.78, 5) is 38.3. The summed E-state index contributed by atoms with van der Waals surface area (Å²) in [5.74, 6) is -1.48. The molecule has 1 aliphatic rings. The van der Waals surface area contributed by atoms with Crippen molar-refractivity contribution in [2.75, 3.05) is 12.0 Å². The Kier molecular flexibility index (Phi) is 5.70. The van der Waals surface area contributed by atoms with Gasteiger partial charge in [0.25, 0.3) is 11.8 Å². The summed E-state index contributed by atoms with van der Waals surface area (Å²) in [5.41, 5.74) is 0.934. The van der Waals surface area contributed by atoms with Crippen molar-refractivity contribution in [3.05, 3.63) is 70.8 Å². The molecular weight excluding hydrogens is 396 g/mol. The number of phenolic OH excluding ortho intramolecular Hbond substituents is 1. The predicted octanol–water partition coefficient (Wildman–Crippen LogP) is 3.45. The van der Waals surface area contributed by atoms with Gasteiger partial charge in [0.1, 0.15) is 5.57 Å². The Labute approximate surface area is 171 Å². The van der Waals surface area contributed by atoms with Crippen LogP contribution in [0.25, 0.3) is 6.08 Å². The van der Waals surface area contributed by atoms with Crippen molar-refractivity contribution in [1.29, 1.82) is 0 Å². The van der Waals surface area contributed by atoms with Gasteiger partial charge in [-0.3, -0.25) is 14.9 Å². The van der Waals surface area contributed by atoms with Crippen LogP contribution in [-0.4, -0.2) is 30.1 Å². The van der Waals surface area contributed by atoms with Gasteiger partial charge in [0.2, 0.25) is 0 Å². The predicted molar refractivity (Wildman–Crippen MR) is 109 cm³/mol. The minimum atomic E-state index is -0.866. The number of nitrogens with zero attached hydrogens (tertiary/aromatic N) is 1. The van der Waals surface area contributed by atoms with Gasteiger partial charge < -0.3 is 9.84 Å². The van der Waals surface area contributed by atoms with Gasteiger partial charge >= 0.3 is 6.03 Å². The van der Waals surface area contributed by atoms with E-state index in [0.29, 0.717) is 22.6 Å². The number of carbonyl (C=O) groups excluding carboxylic acids is 3. The van der Waals surface area contributed by atoms with E-state index in [1.54, 1.807) is 24.3 Å². The average molecular weight is 413 g/mol. The van der Waals surface area contributed by atoms with E-state index in [4.69, 9.17) is 16.3 Å². The van der Waals surface area contributed by atoms with E-state index in [1.165, 1.54) is 31.4 Å². The first-order valence-corrected chi connectivity index (χ1v) is 8.91. The summed E-state index contributed by atoms with van der Waals surface area (Å²) in [7, 11) is 1.39. The number of hydrogen-bond donors (Lipinski definition) is 2. The van der Waals surface area contributed by atoms with E-state index in [-0.39, 0.29) is 22.8 Å². The Morgan fingerprint density at radius 1 is 1.24 bits per heavy atom. The normalized spacial score (nSPS) is 15.4. The second kappa shape index (κ2) is 8.20. The zero-order valence-electron chi connectivity index (χ0n) is 15.4. The fourth-order valence-corrected chi connectivity index (χ4v) is 3.10. The van der Waals surface area contributed by atoms with E-state index in [2.05, 4.69) is 11.9 Å². The molecule has 1 saturated heterocycles. The van der Waals surface area contributed by atoms with Crippen molar-refractivity contribution in [2.45, 2.75) is 6.42 Å². The van der Waals surface area contributed by atoms with Gasteiger partial charge in [-0.15, -0.1) is 6.58 Å². The molecule has 0 aromatic heterocycles. The third-order valence-corrected chi connectivity index (χ3v) is 4.47. The molecule has 2 aromatic carbocycles. The molecule has 2 N–H and O–H groups in total. The molecule has 1 aliphatic heterocycles. The molecule has 0 radical (unpaired) electrons.